The van der Waals surface area contributed by atoms with Gasteiger partial charge in [0.15, 0.2) is 0 Å². The van der Waals surface area contributed by atoms with E-state index in [0.29, 0.717) is 29.2 Å². The monoisotopic (exact) mass is 510 g/mol. The summed E-state index contributed by atoms with van der Waals surface area (Å²) in [7, 11) is 5.79. The van der Waals surface area contributed by atoms with Gasteiger partial charge in [0.2, 0.25) is 5.95 Å². The number of aryl methyl sites for hydroxylation is 3. The molecule has 1 N–H and O–H groups in total. The summed E-state index contributed by atoms with van der Waals surface area (Å²) in [6.45, 7) is 4.23. The van der Waals surface area contributed by atoms with E-state index in [0.717, 1.165) is 42.4 Å². The summed E-state index contributed by atoms with van der Waals surface area (Å²) in [5, 5.41) is 26.0. The number of hydrogen-bond donors (Lipinski definition) is 1. The Bertz CT molecular complexity index is 1580. The maximum atomic E-state index is 12.0. The Morgan fingerprint density at radius 2 is 2.05 bits per heavy atom. The van der Waals surface area contributed by atoms with Crippen molar-refractivity contribution in [1.82, 2.24) is 19.4 Å². The molecule has 194 valence electrons. The van der Waals surface area contributed by atoms with Gasteiger partial charge in [0, 0.05) is 49.9 Å². The SMILES string of the molecule is Cc1cc(N(C)CCN(C)C)c([N+](=O)[O-])cc1Nc1ncc(C#N)c(-c2cn3c4c(cccc24)CCC3)n1. The first kappa shape index (κ1) is 25.2. The minimum absolute atomic E-state index is 0.00205. The average Bonchev–Trinajstić information content (AvgIpc) is 3.28. The maximum Gasteiger partial charge on any atom is 0.294 e. The van der Waals surface area contributed by atoms with Crippen LogP contribution in [-0.2, 0) is 13.0 Å². The van der Waals surface area contributed by atoms with E-state index in [4.69, 9.17) is 4.98 Å². The van der Waals surface area contributed by atoms with Gasteiger partial charge in [-0.25, -0.2) is 9.97 Å². The number of para-hydroxylation sites is 1. The van der Waals surface area contributed by atoms with Gasteiger partial charge >= 0.3 is 0 Å². The summed E-state index contributed by atoms with van der Waals surface area (Å²) in [6.07, 6.45) is 5.67. The Morgan fingerprint density at radius 3 is 2.79 bits per heavy atom. The molecule has 2 aromatic carbocycles. The summed E-state index contributed by atoms with van der Waals surface area (Å²) in [5.41, 5.74) is 6.20. The summed E-state index contributed by atoms with van der Waals surface area (Å²) in [4.78, 5) is 24.6. The van der Waals surface area contributed by atoms with Crippen molar-refractivity contribution in [2.45, 2.75) is 26.3 Å². The van der Waals surface area contributed by atoms with Crippen molar-refractivity contribution < 1.29 is 4.92 Å². The molecule has 0 spiro atoms. The molecule has 0 unspecified atom stereocenters. The molecular weight excluding hydrogens is 480 g/mol. The molecule has 4 aromatic rings. The van der Waals surface area contributed by atoms with Crippen LogP contribution in [0.3, 0.4) is 0 Å². The Labute approximate surface area is 221 Å². The summed E-state index contributed by atoms with van der Waals surface area (Å²) in [6, 6.07) is 11.8. The summed E-state index contributed by atoms with van der Waals surface area (Å²) in [5.74, 6) is 0.275. The molecular formula is C28H30N8O2. The normalized spacial score (nSPS) is 12.5. The third kappa shape index (κ3) is 4.64. The van der Waals surface area contributed by atoms with Crippen LogP contribution < -0.4 is 10.2 Å². The lowest BCUT2D eigenvalue weighted by Crippen LogP contribution is -2.29. The molecule has 0 radical (unpaired) electrons. The fourth-order valence-corrected chi connectivity index (χ4v) is 5.03. The third-order valence-corrected chi connectivity index (χ3v) is 7.05. The minimum atomic E-state index is -0.370. The van der Waals surface area contributed by atoms with Crippen molar-refractivity contribution in [3.63, 3.8) is 0 Å². The van der Waals surface area contributed by atoms with Gasteiger partial charge in [-0.2, -0.15) is 5.26 Å². The highest BCUT2D eigenvalue weighted by molar-refractivity contribution is 5.98. The third-order valence-electron chi connectivity index (χ3n) is 7.05. The minimum Gasteiger partial charge on any atom is -0.368 e. The zero-order valence-electron chi connectivity index (χ0n) is 22.0. The highest BCUT2D eigenvalue weighted by Gasteiger charge is 2.22. The van der Waals surface area contributed by atoms with Crippen LogP contribution in [0, 0.1) is 28.4 Å². The van der Waals surface area contributed by atoms with E-state index in [1.54, 1.807) is 0 Å². The fraction of sp³-hybridized carbons (Fsp3) is 0.321. The first-order chi connectivity index (χ1) is 18.3. The number of aromatic nitrogens is 3. The standard InChI is InChI=1S/C28H30N8O2/c1-18-13-24(34(4)12-11-33(2)3)25(36(37)38)14-23(18)31-28-30-16-20(15-29)26(32-28)22-17-35-10-6-8-19-7-5-9-21(22)27(19)35/h5,7,9,13-14,16-17H,6,8,10-12H2,1-4H3,(H,30,31,32). The molecule has 1 aliphatic rings. The zero-order valence-corrected chi connectivity index (χ0v) is 22.0. The average molecular weight is 511 g/mol. The molecule has 0 fully saturated rings. The molecule has 0 amide bonds. The van der Waals surface area contributed by atoms with Crippen molar-refractivity contribution >= 4 is 33.9 Å². The lowest BCUT2D eigenvalue weighted by Gasteiger charge is -2.22. The number of rotatable bonds is 8. The lowest BCUT2D eigenvalue weighted by atomic mass is 10.0. The van der Waals surface area contributed by atoms with E-state index < -0.39 is 0 Å². The number of nitriles is 1. The first-order valence-corrected chi connectivity index (χ1v) is 12.6. The molecule has 2 aromatic heterocycles. The number of benzene rings is 2. The fourth-order valence-electron chi connectivity index (χ4n) is 5.03. The van der Waals surface area contributed by atoms with Gasteiger partial charge in [0.1, 0.15) is 11.8 Å². The van der Waals surface area contributed by atoms with E-state index in [-0.39, 0.29) is 16.6 Å². The van der Waals surface area contributed by atoms with Gasteiger partial charge in [0.25, 0.3) is 5.69 Å². The van der Waals surface area contributed by atoms with Gasteiger partial charge < -0.3 is 19.7 Å². The van der Waals surface area contributed by atoms with Crippen molar-refractivity contribution in [3.8, 4) is 17.3 Å². The van der Waals surface area contributed by atoms with Gasteiger partial charge in [-0.3, -0.25) is 10.1 Å². The summed E-state index contributed by atoms with van der Waals surface area (Å²) < 4.78 is 2.24. The molecule has 10 heteroatoms. The predicted octanol–water partition coefficient (Wildman–Crippen LogP) is 4.87. The van der Waals surface area contributed by atoms with Crippen molar-refractivity contribution in [1.29, 1.82) is 5.26 Å². The first-order valence-electron chi connectivity index (χ1n) is 12.6. The Hall–Kier alpha value is -4.49. The van der Waals surface area contributed by atoms with Gasteiger partial charge in [-0.15, -0.1) is 0 Å². The largest absolute Gasteiger partial charge is 0.368 e. The highest BCUT2D eigenvalue weighted by Crippen LogP contribution is 2.37. The second kappa shape index (κ2) is 10.1. The van der Waals surface area contributed by atoms with Crippen LogP contribution in [0.25, 0.3) is 22.2 Å². The number of nitrogens with one attached hydrogen (secondary N) is 1. The van der Waals surface area contributed by atoms with Crippen LogP contribution in [0.15, 0.2) is 42.7 Å². The maximum absolute atomic E-state index is 12.0. The van der Waals surface area contributed by atoms with Crippen LogP contribution in [0.1, 0.15) is 23.1 Å². The van der Waals surface area contributed by atoms with Crippen LogP contribution in [-0.4, -0.2) is 58.6 Å². The van der Waals surface area contributed by atoms with Gasteiger partial charge in [0.05, 0.1) is 33.6 Å². The van der Waals surface area contributed by atoms with E-state index in [9.17, 15) is 15.4 Å². The van der Waals surface area contributed by atoms with Crippen molar-refractivity contribution in [2.24, 2.45) is 0 Å². The number of nitro groups is 1. The topological polar surface area (TPSA) is 116 Å². The van der Waals surface area contributed by atoms with Crippen molar-refractivity contribution in [3.05, 3.63) is 69.5 Å². The van der Waals surface area contributed by atoms with E-state index >= 15 is 0 Å². The summed E-state index contributed by atoms with van der Waals surface area (Å²) >= 11 is 0. The molecule has 10 nitrogen and oxygen atoms in total. The highest BCUT2D eigenvalue weighted by atomic mass is 16.6. The second-order valence-corrected chi connectivity index (χ2v) is 9.98. The predicted molar refractivity (Wildman–Crippen MR) is 149 cm³/mol. The smallest absolute Gasteiger partial charge is 0.294 e. The molecule has 0 saturated carbocycles. The van der Waals surface area contributed by atoms with E-state index in [1.165, 1.54) is 23.3 Å². The van der Waals surface area contributed by atoms with Crippen LogP contribution >= 0.6 is 0 Å². The number of hydrogen-bond acceptors (Lipinski definition) is 8. The zero-order chi connectivity index (χ0) is 27.0. The quantitative estimate of drug-likeness (QED) is 0.264. The number of likely N-dealkylation sites (N-methyl/N-ethyl adjacent to an activating group) is 2. The van der Waals surface area contributed by atoms with Crippen LogP contribution in [0.2, 0.25) is 0 Å². The number of anilines is 3. The second-order valence-electron chi connectivity index (χ2n) is 9.98. The Balaban J connectivity index is 1.53. The molecule has 0 aliphatic carbocycles. The Kier molecular flexibility index (Phi) is 6.70. The van der Waals surface area contributed by atoms with Crippen LogP contribution in [0.5, 0.6) is 0 Å². The lowest BCUT2D eigenvalue weighted by molar-refractivity contribution is -0.384. The Morgan fingerprint density at radius 1 is 1.24 bits per heavy atom. The van der Waals surface area contributed by atoms with Gasteiger partial charge in [-0.05, 0) is 51.1 Å². The van der Waals surface area contributed by atoms with Crippen LogP contribution in [0.4, 0.5) is 23.0 Å². The van der Waals surface area contributed by atoms with Gasteiger partial charge in [-0.1, -0.05) is 18.2 Å². The molecule has 0 saturated heterocycles. The van der Waals surface area contributed by atoms with E-state index in [1.807, 2.05) is 50.0 Å². The number of nitro benzene ring substituents is 1. The number of nitrogens with zero attached hydrogens (tertiary/aromatic N) is 7. The van der Waals surface area contributed by atoms with Crippen molar-refractivity contribution in [2.75, 3.05) is 44.4 Å². The molecule has 0 bridgehead atoms. The molecule has 1 aliphatic heterocycles. The molecule has 5 rings (SSSR count). The molecule has 3 heterocycles. The molecule has 0 atom stereocenters. The molecule has 38 heavy (non-hydrogen) atoms. The van der Waals surface area contributed by atoms with E-state index in [2.05, 4.69) is 39.3 Å².